The van der Waals surface area contributed by atoms with Crippen LogP contribution in [-0.2, 0) is 4.79 Å². The molecule has 0 saturated heterocycles. The average Bonchev–Trinajstić information content (AvgIpc) is 3.01. The Morgan fingerprint density at radius 3 is 2.87 bits per heavy atom. The number of likely N-dealkylation sites (N-methyl/N-ethyl adjacent to an activating group) is 1. The zero-order chi connectivity index (χ0) is 16.7. The van der Waals surface area contributed by atoms with Crippen molar-refractivity contribution in [2.75, 3.05) is 27.2 Å². The van der Waals surface area contributed by atoms with Crippen LogP contribution in [0.3, 0.4) is 0 Å². The second-order valence-corrected chi connectivity index (χ2v) is 6.61. The van der Waals surface area contributed by atoms with Gasteiger partial charge >= 0.3 is 0 Å². The van der Waals surface area contributed by atoms with Gasteiger partial charge in [-0.15, -0.1) is 0 Å². The number of hydrogen-bond acceptors (Lipinski definition) is 4. The number of carbonyl (C=O) groups is 1. The highest BCUT2D eigenvalue weighted by atomic mass is 35.5. The molecule has 1 atom stereocenters. The molecule has 0 fully saturated rings. The van der Waals surface area contributed by atoms with E-state index >= 15 is 0 Å². The molecule has 0 radical (unpaired) electrons. The van der Waals surface area contributed by atoms with Crippen LogP contribution in [0.4, 0.5) is 0 Å². The molecule has 0 saturated carbocycles. The van der Waals surface area contributed by atoms with E-state index in [0.717, 1.165) is 0 Å². The van der Waals surface area contributed by atoms with Crippen molar-refractivity contribution in [1.29, 1.82) is 0 Å². The topological polar surface area (TPSA) is 41.6 Å². The van der Waals surface area contributed by atoms with E-state index in [1.807, 2.05) is 31.6 Å². The third kappa shape index (κ3) is 5.86. The van der Waals surface area contributed by atoms with Gasteiger partial charge in [0.25, 0.3) is 0 Å². The highest BCUT2D eigenvalue weighted by Gasteiger charge is 2.15. The first kappa shape index (κ1) is 17.8. The summed E-state index contributed by atoms with van der Waals surface area (Å²) in [5.74, 6) is 0.656. The smallest absolute Gasteiger partial charge is 0.223 e. The fraction of sp³-hybridized carbons (Fsp3) is 0.353. The lowest BCUT2D eigenvalue weighted by molar-refractivity contribution is -0.121. The molecule has 0 bridgehead atoms. The van der Waals surface area contributed by atoms with E-state index in [1.165, 1.54) is 5.56 Å². The molecule has 1 amide bonds. The summed E-state index contributed by atoms with van der Waals surface area (Å²) in [5.41, 5.74) is 1.22. The normalized spacial score (nSPS) is 12.2. The first-order chi connectivity index (χ1) is 11.1. The molecular weight excluding hydrogens is 332 g/mol. The zero-order valence-electron chi connectivity index (χ0n) is 13.3. The van der Waals surface area contributed by atoms with Gasteiger partial charge in [-0.05, 0) is 54.7 Å². The molecule has 1 aromatic carbocycles. The Kier molecular flexibility index (Phi) is 6.89. The standard InChI is InChI=1S/C17H21ClN2O2S/c1-20(2)16(13-7-9-23-12-13)11-19-17(21)6-8-22-15-5-3-4-14(18)10-15/h3-5,7,9-10,12,16H,6,8,11H2,1-2H3,(H,19,21)/t16-/m0/s1. The van der Waals surface area contributed by atoms with Gasteiger partial charge in [-0.3, -0.25) is 4.79 Å². The summed E-state index contributed by atoms with van der Waals surface area (Å²) < 4.78 is 5.53. The maximum atomic E-state index is 12.0. The van der Waals surface area contributed by atoms with Crippen LogP contribution in [0, 0.1) is 0 Å². The molecule has 1 aromatic heterocycles. The molecule has 0 aliphatic carbocycles. The molecule has 0 aliphatic rings. The zero-order valence-corrected chi connectivity index (χ0v) is 14.9. The van der Waals surface area contributed by atoms with Gasteiger partial charge < -0.3 is 15.0 Å². The molecule has 2 aromatic rings. The summed E-state index contributed by atoms with van der Waals surface area (Å²) in [4.78, 5) is 14.1. The number of thiophene rings is 1. The molecule has 0 unspecified atom stereocenters. The predicted molar refractivity (Wildman–Crippen MR) is 95.3 cm³/mol. The molecule has 4 nitrogen and oxygen atoms in total. The van der Waals surface area contributed by atoms with Gasteiger partial charge in [-0.2, -0.15) is 11.3 Å². The molecular formula is C17H21ClN2O2S. The van der Waals surface area contributed by atoms with Crippen LogP contribution in [0.15, 0.2) is 41.1 Å². The van der Waals surface area contributed by atoms with Crippen molar-refractivity contribution < 1.29 is 9.53 Å². The van der Waals surface area contributed by atoms with Gasteiger partial charge in [-0.1, -0.05) is 17.7 Å². The lowest BCUT2D eigenvalue weighted by Crippen LogP contribution is -2.34. The highest BCUT2D eigenvalue weighted by molar-refractivity contribution is 7.07. The number of hydrogen-bond donors (Lipinski definition) is 1. The summed E-state index contributed by atoms with van der Waals surface area (Å²) in [7, 11) is 4.02. The molecule has 23 heavy (non-hydrogen) atoms. The predicted octanol–water partition coefficient (Wildman–Crippen LogP) is 3.59. The molecule has 1 N–H and O–H groups in total. The van der Waals surface area contributed by atoms with E-state index in [-0.39, 0.29) is 11.9 Å². The number of benzene rings is 1. The second-order valence-electron chi connectivity index (χ2n) is 5.40. The third-order valence-corrected chi connectivity index (χ3v) is 4.37. The van der Waals surface area contributed by atoms with Crippen LogP contribution < -0.4 is 10.1 Å². The van der Waals surface area contributed by atoms with Crippen molar-refractivity contribution >= 4 is 28.8 Å². The van der Waals surface area contributed by atoms with Crippen molar-refractivity contribution in [1.82, 2.24) is 10.2 Å². The Hall–Kier alpha value is -1.56. The molecule has 124 valence electrons. The van der Waals surface area contributed by atoms with E-state index in [4.69, 9.17) is 16.3 Å². The van der Waals surface area contributed by atoms with Crippen LogP contribution in [0.1, 0.15) is 18.0 Å². The number of ether oxygens (including phenoxy) is 1. The fourth-order valence-electron chi connectivity index (χ4n) is 2.18. The van der Waals surface area contributed by atoms with E-state index in [1.54, 1.807) is 23.5 Å². The monoisotopic (exact) mass is 352 g/mol. The quantitative estimate of drug-likeness (QED) is 0.789. The molecule has 6 heteroatoms. The molecule has 0 spiro atoms. The number of carbonyl (C=O) groups excluding carboxylic acids is 1. The third-order valence-electron chi connectivity index (χ3n) is 3.44. The van der Waals surface area contributed by atoms with E-state index in [9.17, 15) is 4.79 Å². The number of rotatable bonds is 8. The maximum absolute atomic E-state index is 12.0. The minimum absolute atomic E-state index is 0.0193. The van der Waals surface area contributed by atoms with Gasteiger partial charge in [0.2, 0.25) is 5.91 Å². The van der Waals surface area contributed by atoms with Gasteiger partial charge in [0, 0.05) is 11.6 Å². The van der Waals surface area contributed by atoms with Gasteiger partial charge in [0.1, 0.15) is 5.75 Å². The molecule has 0 aliphatic heterocycles. The first-order valence-electron chi connectivity index (χ1n) is 7.40. The Labute approximate surface area is 146 Å². The van der Waals surface area contributed by atoms with Crippen molar-refractivity contribution in [2.45, 2.75) is 12.5 Å². The van der Waals surface area contributed by atoms with Crippen LogP contribution >= 0.6 is 22.9 Å². The lowest BCUT2D eigenvalue weighted by Gasteiger charge is -2.24. The Bertz CT molecular complexity index is 617. The van der Waals surface area contributed by atoms with Gasteiger partial charge in [-0.25, -0.2) is 0 Å². The summed E-state index contributed by atoms with van der Waals surface area (Å²) in [5, 5.41) is 7.75. The number of nitrogens with one attached hydrogen (secondary N) is 1. The number of halogens is 1. The van der Waals surface area contributed by atoms with Crippen LogP contribution in [0.25, 0.3) is 0 Å². The minimum Gasteiger partial charge on any atom is -0.493 e. The lowest BCUT2D eigenvalue weighted by atomic mass is 10.1. The van der Waals surface area contributed by atoms with E-state index in [2.05, 4.69) is 21.7 Å². The van der Waals surface area contributed by atoms with Crippen molar-refractivity contribution in [3.63, 3.8) is 0 Å². The summed E-state index contributed by atoms with van der Waals surface area (Å²) in [6.07, 6.45) is 0.316. The number of amides is 1. The Balaban J connectivity index is 1.74. The van der Waals surface area contributed by atoms with Crippen molar-refractivity contribution in [2.24, 2.45) is 0 Å². The molecule has 1 heterocycles. The van der Waals surface area contributed by atoms with Crippen molar-refractivity contribution in [3.8, 4) is 5.75 Å². The van der Waals surface area contributed by atoms with E-state index in [0.29, 0.717) is 30.3 Å². The van der Waals surface area contributed by atoms with E-state index < -0.39 is 0 Å². The summed E-state index contributed by atoms with van der Waals surface area (Å²) in [6.45, 7) is 0.914. The van der Waals surface area contributed by atoms with Crippen LogP contribution in [0.2, 0.25) is 5.02 Å². The number of nitrogens with zero attached hydrogens (tertiary/aromatic N) is 1. The Morgan fingerprint density at radius 2 is 2.22 bits per heavy atom. The largest absolute Gasteiger partial charge is 0.493 e. The van der Waals surface area contributed by atoms with Crippen LogP contribution in [0.5, 0.6) is 5.75 Å². The second kappa shape index (κ2) is 8.91. The average molecular weight is 353 g/mol. The summed E-state index contributed by atoms with van der Waals surface area (Å²) in [6, 6.07) is 9.43. The highest BCUT2D eigenvalue weighted by Crippen LogP contribution is 2.20. The van der Waals surface area contributed by atoms with Crippen LogP contribution in [-0.4, -0.2) is 38.1 Å². The first-order valence-corrected chi connectivity index (χ1v) is 8.72. The van der Waals surface area contributed by atoms with Gasteiger partial charge in [0.05, 0.1) is 19.1 Å². The minimum atomic E-state index is -0.0193. The fourth-order valence-corrected chi connectivity index (χ4v) is 3.07. The maximum Gasteiger partial charge on any atom is 0.223 e. The van der Waals surface area contributed by atoms with Crippen molar-refractivity contribution in [3.05, 3.63) is 51.7 Å². The SMILES string of the molecule is CN(C)[C@@H](CNC(=O)CCOc1cccc(Cl)c1)c1ccsc1. The molecule has 2 rings (SSSR count). The summed E-state index contributed by atoms with van der Waals surface area (Å²) >= 11 is 7.55. The van der Waals surface area contributed by atoms with Gasteiger partial charge in [0.15, 0.2) is 0 Å². The Morgan fingerprint density at radius 1 is 1.39 bits per heavy atom.